The smallest absolute Gasteiger partial charge is 0.331 e. The van der Waals surface area contributed by atoms with Crippen LogP contribution in [-0.2, 0) is 20.7 Å². The summed E-state index contributed by atoms with van der Waals surface area (Å²) in [5, 5.41) is 11.8. The van der Waals surface area contributed by atoms with Gasteiger partial charge in [-0.15, -0.1) is 0 Å². The molecule has 0 radical (unpaired) electrons. The van der Waals surface area contributed by atoms with Gasteiger partial charge in [0.2, 0.25) is 11.8 Å². The van der Waals surface area contributed by atoms with Crippen molar-refractivity contribution in [1.82, 2.24) is 10.3 Å². The third-order valence-corrected chi connectivity index (χ3v) is 3.79. The number of aliphatic carboxylic acids is 1. The number of rotatable bonds is 5. The Morgan fingerprint density at radius 1 is 1.33 bits per heavy atom. The van der Waals surface area contributed by atoms with E-state index in [1.807, 2.05) is 0 Å². The number of carbonyl (C=O) groups excluding carboxylic acids is 1. The van der Waals surface area contributed by atoms with Gasteiger partial charge in [0.15, 0.2) is 5.54 Å². The molecule has 1 unspecified atom stereocenters. The van der Waals surface area contributed by atoms with Crippen LogP contribution in [0.1, 0.15) is 12.1 Å². The Kier molecular flexibility index (Phi) is 4.30. The van der Waals surface area contributed by atoms with Gasteiger partial charge in [-0.1, -0.05) is 0 Å². The van der Waals surface area contributed by atoms with Gasteiger partial charge >= 0.3 is 5.97 Å². The van der Waals surface area contributed by atoms with Crippen molar-refractivity contribution in [3.63, 3.8) is 0 Å². The van der Waals surface area contributed by atoms with Gasteiger partial charge in [-0.25, -0.2) is 14.2 Å². The van der Waals surface area contributed by atoms with E-state index in [-0.39, 0.29) is 37.8 Å². The fourth-order valence-corrected chi connectivity index (χ4v) is 2.47. The Morgan fingerprint density at radius 3 is 2.71 bits per heavy atom. The number of nitrogens with zero attached hydrogens (tertiary/aromatic N) is 1. The van der Waals surface area contributed by atoms with E-state index in [0.29, 0.717) is 11.3 Å². The zero-order chi connectivity index (χ0) is 17.2. The van der Waals surface area contributed by atoms with Crippen molar-refractivity contribution in [2.24, 2.45) is 0 Å². The Balaban J connectivity index is 1.67. The lowest BCUT2D eigenvalue weighted by Crippen LogP contribution is -2.55. The molecule has 0 saturated carbocycles. The molecule has 2 aromatic rings. The van der Waals surface area contributed by atoms with Gasteiger partial charge in [0.05, 0.1) is 18.7 Å². The highest BCUT2D eigenvalue weighted by Crippen LogP contribution is 2.21. The maximum absolute atomic E-state index is 12.9. The number of carboxylic acid groups (broad SMARTS) is 1. The number of oxazole rings is 1. The van der Waals surface area contributed by atoms with E-state index in [2.05, 4.69) is 10.3 Å². The van der Waals surface area contributed by atoms with E-state index in [1.54, 1.807) is 0 Å². The molecule has 1 atom stereocenters. The topological polar surface area (TPSA) is 102 Å². The summed E-state index contributed by atoms with van der Waals surface area (Å²) in [6, 6.07) is 5.59. The SMILES string of the molecule is O=C(Cc1coc(-c2ccc(F)cc2)n1)NC1(C(=O)O)CCOC1. The van der Waals surface area contributed by atoms with Crippen LogP contribution in [0.5, 0.6) is 0 Å². The number of halogens is 1. The zero-order valence-corrected chi connectivity index (χ0v) is 12.6. The van der Waals surface area contributed by atoms with E-state index in [0.717, 1.165) is 0 Å². The number of ether oxygens (including phenoxy) is 1. The lowest BCUT2D eigenvalue weighted by atomic mass is 9.99. The summed E-state index contributed by atoms with van der Waals surface area (Å²) in [6.45, 7) is 0.221. The molecule has 2 N–H and O–H groups in total. The second-order valence-electron chi connectivity index (χ2n) is 5.57. The highest BCUT2D eigenvalue weighted by atomic mass is 19.1. The van der Waals surface area contributed by atoms with Crippen molar-refractivity contribution >= 4 is 11.9 Å². The van der Waals surface area contributed by atoms with Crippen molar-refractivity contribution in [3.8, 4) is 11.5 Å². The molecule has 1 aliphatic rings. The lowest BCUT2D eigenvalue weighted by Gasteiger charge is -2.23. The van der Waals surface area contributed by atoms with E-state index < -0.39 is 17.4 Å². The van der Waals surface area contributed by atoms with Gasteiger partial charge < -0.3 is 19.6 Å². The molecule has 0 bridgehead atoms. The number of aromatic nitrogens is 1. The van der Waals surface area contributed by atoms with Crippen LogP contribution in [0.2, 0.25) is 0 Å². The highest BCUT2D eigenvalue weighted by molar-refractivity contribution is 5.88. The largest absolute Gasteiger partial charge is 0.479 e. The van der Waals surface area contributed by atoms with Crippen molar-refractivity contribution in [1.29, 1.82) is 0 Å². The second kappa shape index (κ2) is 6.40. The van der Waals surface area contributed by atoms with Gasteiger partial charge in [0.1, 0.15) is 12.1 Å². The number of hydrogen-bond donors (Lipinski definition) is 2. The standard InChI is InChI=1S/C16H15FN2O5/c17-11-3-1-10(2-4-11)14-18-12(8-24-14)7-13(20)19-16(15(21)22)5-6-23-9-16/h1-4,8H,5-7,9H2,(H,19,20)(H,21,22). The number of amides is 1. The first-order valence-corrected chi connectivity index (χ1v) is 7.31. The van der Waals surface area contributed by atoms with E-state index >= 15 is 0 Å². The monoisotopic (exact) mass is 334 g/mol. The molecular formula is C16H15FN2O5. The Labute approximate surface area is 136 Å². The maximum atomic E-state index is 12.9. The van der Waals surface area contributed by atoms with Crippen LogP contribution in [0, 0.1) is 5.82 Å². The lowest BCUT2D eigenvalue weighted by molar-refractivity contribution is -0.147. The van der Waals surface area contributed by atoms with Gasteiger partial charge in [-0.05, 0) is 24.3 Å². The van der Waals surface area contributed by atoms with E-state index in [4.69, 9.17) is 9.15 Å². The molecule has 2 heterocycles. The average Bonchev–Trinajstić information content (AvgIpc) is 3.18. The van der Waals surface area contributed by atoms with Crippen LogP contribution in [0.25, 0.3) is 11.5 Å². The molecule has 0 aliphatic carbocycles. The number of hydrogen-bond acceptors (Lipinski definition) is 5. The first-order chi connectivity index (χ1) is 11.5. The van der Waals surface area contributed by atoms with Crippen LogP contribution in [0.3, 0.4) is 0 Å². The first-order valence-electron chi connectivity index (χ1n) is 7.31. The number of carboxylic acids is 1. The van der Waals surface area contributed by atoms with Crippen LogP contribution in [0.4, 0.5) is 4.39 Å². The summed E-state index contributed by atoms with van der Waals surface area (Å²) in [6.07, 6.45) is 1.41. The normalized spacial score (nSPS) is 20.0. The molecule has 0 spiro atoms. The van der Waals surface area contributed by atoms with Crippen LogP contribution < -0.4 is 5.32 Å². The number of carbonyl (C=O) groups is 2. The summed E-state index contributed by atoms with van der Waals surface area (Å²) in [5.74, 6) is -1.72. The van der Waals surface area contributed by atoms with Crippen LogP contribution >= 0.6 is 0 Å². The molecule has 1 saturated heterocycles. The van der Waals surface area contributed by atoms with Crippen LogP contribution in [-0.4, -0.2) is 40.7 Å². The second-order valence-corrected chi connectivity index (χ2v) is 5.57. The Hall–Kier alpha value is -2.74. The van der Waals surface area contributed by atoms with Crippen molar-refractivity contribution < 1.29 is 28.2 Å². The quantitative estimate of drug-likeness (QED) is 0.857. The van der Waals surface area contributed by atoms with Crippen LogP contribution in [0.15, 0.2) is 34.9 Å². The Bertz CT molecular complexity index is 750. The molecule has 8 heteroatoms. The summed E-state index contributed by atoms with van der Waals surface area (Å²) in [4.78, 5) is 27.6. The van der Waals surface area contributed by atoms with Gasteiger partial charge in [0.25, 0.3) is 0 Å². The predicted octanol–water partition coefficient (Wildman–Crippen LogP) is 1.38. The minimum Gasteiger partial charge on any atom is -0.479 e. The van der Waals surface area contributed by atoms with Crippen molar-refractivity contribution in [2.45, 2.75) is 18.4 Å². The third-order valence-electron chi connectivity index (χ3n) is 3.79. The molecule has 1 amide bonds. The summed E-state index contributed by atoms with van der Waals surface area (Å²) >= 11 is 0. The highest BCUT2D eigenvalue weighted by Gasteiger charge is 2.43. The molecule has 1 fully saturated rings. The minimum absolute atomic E-state index is 0.0618. The van der Waals surface area contributed by atoms with E-state index in [9.17, 15) is 19.1 Å². The summed E-state index contributed by atoms with van der Waals surface area (Å²) in [5.41, 5.74) is -0.457. The minimum atomic E-state index is -1.39. The van der Waals surface area contributed by atoms with Gasteiger partial charge in [0, 0.05) is 18.6 Å². The predicted molar refractivity (Wildman–Crippen MR) is 79.5 cm³/mol. The molecule has 1 aliphatic heterocycles. The van der Waals surface area contributed by atoms with Gasteiger partial charge in [-0.3, -0.25) is 4.79 Å². The maximum Gasteiger partial charge on any atom is 0.331 e. The fourth-order valence-electron chi connectivity index (χ4n) is 2.47. The molecule has 3 rings (SSSR count). The zero-order valence-electron chi connectivity index (χ0n) is 12.6. The van der Waals surface area contributed by atoms with Crippen molar-refractivity contribution in [3.05, 3.63) is 42.0 Å². The Morgan fingerprint density at radius 2 is 2.08 bits per heavy atom. The molecular weight excluding hydrogens is 319 g/mol. The molecule has 126 valence electrons. The molecule has 1 aromatic heterocycles. The molecule has 1 aromatic carbocycles. The number of benzene rings is 1. The fraction of sp³-hybridized carbons (Fsp3) is 0.312. The summed E-state index contributed by atoms with van der Waals surface area (Å²) < 4.78 is 23.3. The van der Waals surface area contributed by atoms with Gasteiger partial charge in [-0.2, -0.15) is 0 Å². The number of nitrogens with one attached hydrogen (secondary N) is 1. The molecule has 7 nitrogen and oxygen atoms in total. The van der Waals surface area contributed by atoms with Crippen molar-refractivity contribution in [2.75, 3.05) is 13.2 Å². The molecule has 24 heavy (non-hydrogen) atoms. The first kappa shape index (κ1) is 16.1. The average molecular weight is 334 g/mol. The van der Waals surface area contributed by atoms with E-state index in [1.165, 1.54) is 30.5 Å². The summed E-state index contributed by atoms with van der Waals surface area (Å²) in [7, 11) is 0. The third kappa shape index (κ3) is 3.28.